The van der Waals surface area contributed by atoms with Gasteiger partial charge in [-0.25, -0.2) is 0 Å². The standard InChI is InChI=1S/C17H14N2O3/c20-17(13-5-3-6-15(10-13)19(21)22)11-14-9-8-12-4-1-2-7-16(12)18-14/h1-10,17,20H,11H2. The van der Waals surface area contributed by atoms with Gasteiger partial charge in [0.05, 0.1) is 16.5 Å². The average Bonchev–Trinajstić information content (AvgIpc) is 2.55. The summed E-state index contributed by atoms with van der Waals surface area (Å²) in [4.78, 5) is 14.8. The second-order valence-electron chi connectivity index (χ2n) is 5.07. The first-order valence-corrected chi connectivity index (χ1v) is 6.90. The molecule has 0 aliphatic carbocycles. The molecule has 0 fully saturated rings. The lowest BCUT2D eigenvalue weighted by molar-refractivity contribution is -0.385. The van der Waals surface area contributed by atoms with Gasteiger partial charge in [0.25, 0.3) is 5.69 Å². The number of fused-ring (bicyclic) bond motifs is 1. The van der Waals surface area contributed by atoms with Crippen molar-refractivity contribution in [1.82, 2.24) is 4.98 Å². The largest absolute Gasteiger partial charge is 0.388 e. The number of aromatic nitrogens is 1. The number of pyridine rings is 1. The number of para-hydroxylation sites is 1. The van der Waals surface area contributed by atoms with E-state index in [2.05, 4.69) is 4.98 Å². The summed E-state index contributed by atoms with van der Waals surface area (Å²) in [6.07, 6.45) is -0.514. The Labute approximate surface area is 127 Å². The van der Waals surface area contributed by atoms with Gasteiger partial charge in [0.15, 0.2) is 0 Å². The molecule has 0 aliphatic heterocycles. The first-order valence-electron chi connectivity index (χ1n) is 6.90. The number of hydrogen-bond donors (Lipinski definition) is 1. The normalized spacial score (nSPS) is 12.2. The van der Waals surface area contributed by atoms with Gasteiger partial charge in [-0.3, -0.25) is 15.1 Å². The molecule has 0 bridgehead atoms. The lowest BCUT2D eigenvalue weighted by atomic mass is 10.0. The number of rotatable bonds is 4. The maximum absolute atomic E-state index is 10.8. The molecule has 0 saturated carbocycles. The van der Waals surface area contributed by atoms with Gasteiger partial charge >= 0.3 is 0 Å². The van der Waals surface area contributed by atoms with Crippen LogP contribution >= 0.6 is 0 Å². The van der Waals surface area contributed by atoms with E-state index in [1.807, 2.05) is 36.4 Å². The number of benzene rings is 2. The van der Waals surface area contributed by atoms with Crippen LogP contribution in [0.4, 0.5) is 5.69 Å². The van der Waals surface area contributed by atoms with E-state index in [0.29, 0.717) is 12.0 Å². The van der Waals surface area contributed by atoms with Gasteiger partial charge in [-0.15, -0.1) is 0 Å². The minimum atomic E-state index is -0.825. The molecule has 3 aromatic rings. The molecule has 0 radical (unpaired) electrons. The van der Waals surface area contributed by atoms with Crippen molar-refractivity contribution in [2.24, 2.45) is 0 Å². The van der Waals surface area contributed by atoms with E-state index in [-0.39, 0.29) is 5.69 Å². The summed E-state index contributed by atoms with van der Waals surface area (Å²) in [5.41, 5.74) is 2.11. The Hall–Kier alpha value is -2.79. The van der Waals surface area contributed by atoms with Crippen LogP contribution in [0.3, 0.4) is 0 Å². The number of hydrogen-bond acceptors (Lipinski definition) is 4. The summed E-state index contributed by atoms with van der Waals surface area (Å²) < 4.78 is 0. The van der Waals surface area contributed by atoms with Gasteiger partial charge in [-0.2, -0.15) is 0 Å². The van der Waals surface area contributed by atoms with E-state index < -0.39 is 11.0 Å². The Balaban J connectivity index is 1.84. The van der Waals surface area contributed by atoms with Crippen LogP contribution in [-0.4, -0.2) is 15.0 Å². The Morgan fingerprint density at radius 2 is 1.91 bits per heavy atom. The maximum Gasteiger partial charge on any atom is 0.269 e. The Bertz CT molecular complexity index is 833. The molecule has 5 nitrogen and oxygen atoms in total. The zero-order valence-corrected chi connectivity index (χ0v) is 11.7. The summed E-state index contributed by atoms with van der Waals surface area (Å²) in [5.74, 6) is 0. The highest BCUT2D eigenvalue weighted by Gasteiger charge is 2.13. The number of aliphatic hydroxyl groups excluding tert-OH is 1. The molecule has 1 unspecified atom stereocenters. The lowest BCUT2D eigenvalue weighted by Crippen LogP contribution is -2.04. The summed E-state index contributed by atoms with van der Waals surface area (Å²) in [5, 5.41) is 22.1. The molecule has 0 saturated heterocycles. The monoisotopic (exact) mass is 294 g/mol. The van der Waals surface area contributed by atoms with Crippen molar-refractivity contribution in [3.8, 4) is 0 Å². The van der Waals surface area contributed by atoms with Gasteiger partial charge in [-0.1, -0.05) is 36.4 Å². The fourth-order valence-electron chi connectivity index (χ4n) is 2.38. The molecular weight excluding hydrogens is 280 g/mol. The van der Waals surface area contributed by atoms with E-state index in [0.717, 1.165) is 16.6 Å². The second-order valence-corrected chi connectivity index (χ2v) is 5.07. The fourth-order valence-corrected chi connectivity index (χ4v) is 2.38. The van der Waals surface area contributed by atoms with Crippen LogP contribution in [0.5, 0.6) is 0 Å². The molecule has 1 heterocycles. The highest BCUT2D eigenvalue weighted by molar-refractivity contribution is 5.78. The number of nitro groups is 1. The van der Waals surface area contributed by atoms with Crippen molar-refractivity contribution in [3.05, 3.63) is 82.0 Å². The number of nitro benzene ring substituents is 1. The van der Waals surface area contributed by atoms with Crippen LogP contribution in [0.1, 0.15) is 17.4 Å². The first-order chi connectivity index (χ1) is 10.6. The molecular formula is C17H14N2O3. The van der Waals surface area contributed by atoms with Crippen LogP contribution in [0, 0.1) is 10.1 Å². The van der Waals surface area contributed by atoms with Crippen LogP contribution in [-0.2, 0) is 6.42 Å². The minimum absolute atomic E-state index is 0.0250. The van der Waals surface area contributed by atoms with Crippen LogP contribution < -0.4 is 0 Å². The van der Waals surface area contributed by atoms with Crippen LogP contribution in [0.15, 0.2) is 60.7 Å². The van der Waals surface area contributed by atoms with Crippen molar-refractivity contribution < 1.29 is 10.0 Å². The van der Waals surface area contributed by atoms with Crippen molar-refractivity contribution in [3.63, 3.8) is 0 Å². The van der Waals surface area contributed by atoms with Crippen LogP contribution in [0.25, 0.3) is 10.9 Å². The van der Waals surface area contributed by atoms with E-state index in [1.165, 1.54) is 12.1 Å². The highest BCUT2D eigenvalue weighted by Crippen LogP contribution is 2.22. The van der Waals surface area contributed by atoms with Crippen molar-refractivity contribution in [1.29, 1.82) is 0 Å². The molecule has 2 aromatic carbocycles. The maximum atomic E-state index is 10.8. The van der Waals surface area contributed by atoms with E-state index in [4.69, 9.17) is 0 Å². The Morgan fingerprint density at radius 3 is 2.73 bits per heavy atom. The minimum Gasteiger partial charge on any atom is -0.388 e. The van der Waals surface area contributed by atoms with Crippen LogP contribution in [0.2, 0.25) is 0 Å². The third kappa shape index (κ3) is 2.94. The summed E-state index contributed by atoms with van der Waals surface area (Å²) in [6.45, 7) is 0. The fraction of sp³-hybridized carbons (Fsp3) is 0.118. The van der Waals surface area contributed by atoms with E-state index in [9.17, 15) is 15.2 Å². The quantitative estimate of drug-likeness (QED) is 0.591. The van der Waals surface area contributed by atoms with Crippen molar-refractivity contribution in [2.45, 2.75) is 12.5 Å². The molecule has 1 atom stereocenters. The highest BCUT2D eigenvalue weighted by atomic mass is 16.6. The molecule has 0 amide bonds. The topological polar surface area (TPSA) is 76.3 Å². The average molecular weight is 294 g/mol. The predicted octanol–water partition coefficient (Wildman–Crippen LogP) is 3.42. The third-order valence-electron chi connectivity index (χ3n) is 3.52. The third-order valence-corrected chi connectivity index (χ3v) is 3.52. The summed E-state index contributed by atoms with van der Waals surface area (Å²) >= 11 is 0. The first kappa shape index (κ1) is 14.2. The smallest absolute Gasteiger partial charge is 0.269 e. The van der Waals surface area contributed by atoms with Gasteiger partial charge in [0.1, 0.15) is 0 Å². The Kier molecular flexibility index (Phi) is 3.80. The molecule has 0 spiro atoms. The molecule has 110 valence electrons. The van der Waals surface area contributed by atoms with Gasteiger partial charge < -0.3 is 5.11 Å². The number of nitrogens with zero attached hydrogens (tertiary/aromatic N) is 2. The van der Waals surface area contributed by atoms with E-state index >= 15 is 0 Å². The van der Waals surface area contributed by atoms with Gasteiger partial charge in [0.2, 0.25) is 0 Å². The van der Waals surface area contributed by atoms with Gasteiger partial charge in [-0.05, 0) is 17.7 Å². The zero-order valence-electron chi connectivity index (χ0n) is 11.7. The molecule has 22 heavy (non-hydrogen) atoms. The molecule has 1 N–H and O–H groups in total. The molecule has 5 heteroatoms. The Morgan fingerprint density at radius 1 is 1.09 bits per heavy atom. The van der Waals surface area contributed by atoms with Crippen molar-refractivity contribution in [2.75, 3.05) is 0 Å². The molecule has 3 rings (SSSR count). The number of aliphatic hydroxyl groups is 1. The number of non-ortho nitro benzene ring substituents is 1. The lowest BCUT2D eigenvalue weighted by Gasteiger charge is -2.11. The zero-order chi connectivity index (χ0) is 15.5. The van der Waals surface area contributed by atoms with Crippen molar-refractivity contribution >= 4 is 16.6 Å². The summed E-state index contributed by atoms with van der Waals surface area (Å²) in [7, 11) is 0. The van der Waals surface area contributed by atoms with Gasteiger partial charge in [0, 0.05) is 29.6 Å². The SMILES string of the molecule is O=[N+]([O-])c1cccc(C(O)Cc2ccc3ccccc3n2)c1. The van der Waals surface area contributed by atoms with E-state index in [1.54, 1.807) is 12.1 Å². The summed E-state index contributed by atoms with van der Waals surface area (Å²) in [6, 6.07) is 17.6. The second kappa shape index (κ2) is 5.91. The molecule has 0 aliphatic rings. The predicted molar refractivity (Wildman–Crippen MR) is 83.5 cm³/mol. The molecule has 1 aromatic heterocycles.